The number of carbonyl (C=O) groups is 1. The van der Waals surface area contributed by atoms with Crippen molar-refractivity contribution in [3.05, 3.63) is 35.9 Å². The minimum atomic E-state index is -0.338. The average Bonchev–Trinajstić information content (AvgIpc) is 2.37. The van der Waals surface area contributed by atoms with Crippen molar-refractivity contribution in [3.8, 4) is 0 Å². The molecule has 3 nitrogen and oxygen atoms in total. The Morgan fingerprint density at radius 1 is 1.11 bits per heavy atom. The second kappa shape index (κ2) is 7.82. The van der Waals surface area contributed by atoms with Crippen molar-refractivity contribution in [2.75, 3.05) is 6.54 Å². The van der Waals surface area contributed by atoms with Gasteiger partial charge in [-0.25, -0.2) is 4.79 Å². The first-order valence-electron chi connectivity index (χ1n) is 6.95. The van der Waals surface area contributed by atoms with E-state index in [1.165, 1.54) is 0 Å². The molecule has 106 valence electrons. The molecule has 0 fully saturated rings. The highest BCUT2D eigenvalue weighted by atomic mass is 16.5. The van der Waals surface area contributed by atoms with Crippen molar-refractivity contribution in [1.82, 2.24) is 5.32 Å². The maximum absolute atomic E-state index is 11.6. The van der Waals surface area contributed by atoms with Gasteiger partial charge in [-0.05, 0) is 23.3 Å². The van der Waals surface area contributed by atoms with Crippen LogP contribution in [0.5, 0.6) is 0 Å². The number of hydrogen-bond donors (Lipinski definition) is 1. The van der Waals surface area contributed by atoms with Gasteiger partial charge in [-0.2, -0.15) is 0 Å². The number of rotatable bonds is 6. The van der Waals surface area contributed by atoms with Gasteiger partial charge in [0.2, 0.25) is 0 Å². The van der Waals surface area contributed by atoms with Gasteiger partial charge in [0, 0.05) is 6.54 Å². The van der Waals surface area contributed by atoms with E-state index in [-0.39, 0.29) is 6.09 Å². The van der Waals surface area contributed by atoms with E-state index in [2.05, 4.69) is 33.0 Å². The highest BCUT2D eigenvalue weighted by Crippen LogP contribution is 2.19. The SMILES string of the molecule is CC(C)C(CNC(=O)OCc1ccccc1)C(C)C. The van der Waals surface area contributed by atoms with Crippen molar-refractivity contribution in [1.29, 1.82) is 0 Å². The van der Waals surface area contributed by atoms with Crippen LogP contribution in [0, 0.1) is 17.8 Å². The Kier molecular flexibility index (Phi) is 6.40. The van der Waals surface area contributed by atoms with Gasteiger partial charge in [-0.15, -0.1) is 0 Å². The summed E-state index contributed by atoms with van der Waals surface area (Å²) in [6.45, 7) is 9.72. The minimum absolute atomic E-state index is 0.320. The number of alkyl carbamates (subject to hydrolysis) is 1. The van der Waals surface area contributed by atoms with Crippen molar-refractivity contribution in [2.24, 2.45) is 17.8 Å². The molecule has 0 saturated heterocycles. The maximum atomic E-state index is 11.6. The molecule has 1 amide bonds. The molecular formula is C16H25NO2. The molecule has 0 atom stereocenters. The third-order valence-electron chi connectivity index (χ3n) is 3.41. The van der Waals surface area contributed by atoms with Gasteiger partial charge >= 0.3 is 6.09 Å². The van der Waals surface area contributed by atoms with Crippen LogP contribution >= 0.6 is 0 Å². The molecule has 0 bridgehead atoms. The lowest BCUT2D eigenvalue weighted by Gasteiger charge is -2.24. The van der Waals surface area contributed by atoms with Gasteiger partial charge in [0.25, 0.3) is 0 Å². The summed E-state index contributed by atoms with van der Waals surface area (Å²) in [7, 11) is 0. The van der Waals surface area contributed by atoms with Crippen LogP contribution in [0.25, 0.3) is 0 Å². The fourth-order valence-corrected chi connectivity index (χ4v) is 2.22. The second-order valence-corrected chi connectivity index (χ2v) is 5.59. The summed E-state index contributed by atoms with van der Waals surface area (Å²) < 4.78 is 5.19. The zero-order chi connectivity index (χ0) is 14.3. The summed E-state index contributed by atoms with van der Waals surface area (Å²) in [5.41, 5.74) is 1.00. The molecule has 1 aromatic rings. The van der Waals surface area contributed by atoms with Crippen LogP contribution < -0.4 is 5.32 Å². The van der Waals surface area contributed by atoms with E-state index in [1.807, 2.05) is 30.3 Å². The summed E-state index contributed by atoms with van der Waals surface area (Å²) in [5, 5.41) is 2.85. The molecular weight excluding hydrogens is 238 g/mol. The zero-order valence-corrected chi connectivity index (χ0v) is 12.3. The quantitative estimate of drug-likeness (QED) is 0.846. The van der Waals surface area contributed by atoms with E-state index in [9.17, 15) is 4.79 Å². The summed E-state index contributed by atoms with van der Waals surface area (Å²) in [4.78, 5) is 11.6. The molecule has 0 aliphatic carbocycles. The van der Waals surface area contributed by atoms with Crippen molar-refractivity contribution < 1.29 is 9.53 Å². The Morgan fingerprint density at radius 2 is 1.68 bits per heavy atom. The predicted octanol–water partition coefficient (Wildman–Crippen LogP) is 3.84. The standard InChI is InChI=1S/C16H25NO2/c1-12(2)15(13(3)4)10-17-16(18)19-11-14-8-6-5-7-9-14/h5-9,12-13,15H,10-11H2,1-4H3,(H,17,18). The Balaban J connectivity index is 2.31. The smallest absolute Gasteiger partial charge is 0.407 e. The number of carbonyl (C=O) groups excluding carboxylic acids is 1. The Labute approximate surface area is 116 Å². The molecule has 0 radical (unpaired) electrons. The minimum Gasteiger partial charge on any atom is -0.445 e. The Morgan fingerprint density at radius 3 is 2.21 bits per heavy atom. The van der Waals surface area contributed by atoms with Crippen LogP contribution in [0.15, 0.2) is 30.3 Å². The molecule has 0 unspecified atom stereocenters. The van der Waals surface area contributed by atoms with Crippen LogP contribution in [0.4, 0.5) is 4.79 Å². The number of benzene rings is 1. The van der Waals surface area contributed by atoms with Crippen molar-refractivity contribution in [2.45, 2.75) is 34.3 Å². The summed E-state index contributed by atoms with van der Waals surface area (Å²) >= 11 is 0. The first-order valence-corrected chi connectivity index (χ1v) is 6.95. The van der Waals surface area contributed by atoms with Gasteiger partial charge in [0.05, 0.1) is 0 Å². The lowest BCUT2D eigenvalue weighted by Crippen LogP contribution is -2.34. The van der Waals surface area contributed by atoms with E-state index >= 15 is 0 Å². The van der Waals surface area contributed by atoms with E-state index in [0.29, 0.717) is 30.9 Å². The van der Waals surface area contributed by atoms with Gasteiger partial charge in [0.1, 0.15) is 6.61 Å². The van der Waals surface area contributed by atoms with Crippen LogP contribution in [-0.2, 0) is 11.3 Å². The fourth-order valence-electron chi connectivity index (χ4n) is 2.22. The van der Waals surface area contributed by atoms with E-state index in [4.69, 9.17) is 4.74 Å². The number of amides is 1. The van der Waals surface area contributed by atoms with Crippen molar-refractivity contribution in [3.63, 3.8) is 0 Å². The first kappa shape index (κ1) is 15.5. The first-order chi connectivity index (χ1) is 9.00. The monoisotopic (exact) mass is 263 g/mol. The molecule has 0 heterocycles. The lowest BCUT2D eigenvalue weighted by molar-refractivity contribution is 0.134. The fraction of sp³-hybridized carbons (Fsp3) is 0.562. The molecule has 0 aliphatic heterocycles. The normalized spacial score (nSPS) is 11.1. The third kappa shape index (κ3) is 5.77. The van der Waals surface area contributed by atoms with Crippen LogP contribution in [0.3, 0.4) is 0 Å². The van der Waals surface area contributed by atoms with Gasteiger partial charge in [-0.3, -0.25) is 0 Å². The maximum Gasteiger partial charge on any atom is 0.407 e. The Bertz CT molecular complexity index is 366. The number of nitrogens with one attached hydrogen (secondary N) is 1. The van der Waals surface area contributed by atoms with E-state index in [0.717, 1.165) is 5.56 Å². The number of hydrogen-bond acceptors (Lipinski definition) is 2. The largest absolute Gasteiger partial charge is 0.445 e. The van der Waals surface area contributed by atoms with Crippen LogP contribution in [0.1, 0.15) is 33.3 Å². The van der Waals surface area contributed by atoms with Crippen LogP contribution in [-0.4, -0.2) is 12.6 Å². The predicted molar refractivity (Wildman–Crippen MR) is 77.8 cm³/mol. The van der Waals surface area contributed by atoms with Crippen molar-refractivity contribution >= 4 is 6.09 Å². The molecule has 0 aromatic heterocycles. The second-order valence-electron chi connectivity index (χ2n) is 5.59. The van der Waals surface area contributed by atoms with Gasteiger partial charge < -0.3 is 10.1 Å². The molecule has 19 heavy (non-hydrogen) atoms. The van der Waals surface area contributed by atoms with E-state index < -0.39 is 0 Å². The zero-order valence-electron chi connectivity index (χ0n) is 12.3. The summed E-state index contributed by atoms with van der Waals surface area (Å²) in [6, 6.07) is 9.70. The lowest BCUT2D eigenvalue weighted by atomic mass is 9.85. The molecule has 0 spiro atoms. The molecule has 1 aromatic carbocycles. The van der Waals surface area contributed by atoms with Gasteiger partial charge in [-0.1, -0.05) is 58.0 Å². The topological polar surface area (TPSA) is 38.3 Å². The molecule has 1 N–H and O–H groups in total. The summed E-state index contributed by atoms with van der Waals surface area (Å²) in [5.74, 6) is 1.58. The average molecular weight is 263 g/mol. The molecule has 0 saturated carbocycles. The van der Waals surface area contributed by atoms with Crippen LogP contribution in [0.2, 0.25) is 0 Å². The molecule has 0 aliphatic rings. The molecule has 3 heteroatoms. The Hall–Kier alpha value is -1.51. The van der Waals surface area contributed by atoms with E-state index in [1.54, 1.807) is 0 Å². The highest BCUT2D eigenvalue weighted by molar-refractivity contribution is 5.67. The van der Waals surface area contributed by atoms with Gasteiger partial charge in [0.15, 0.2) is 0 Å². The number of ether oxygens (including phenoxy) is 1. The highest BCUT2D eigenvalue weighted by Gasteiger charge is 2.18. The molecule has 1 rings (SSSR count). The third-order valence-corrected chi connectivity index (χ3v) is 3.41. The summed E-state index contributed by atoms with van der Waals surface area (Å²) in [6.07, 6.45) is -0.338.